The van der Waals surface area contributed by atoms with Crippen molar-refractivity contribution in [2.24, 2.45) is 0 Å². The van der Waals surface area contributed by atoms with E-state index < -0.39 is 17.6 Å². The number of halogens is 3. The largest absolute Gasteiger partial charge is 0.416 e. The summed E-state index contributed by atoms with van der Waals surface area (Å²) >= 11 is 0. The Balaban J connectivity index is 1.75. The summed E-state index contributed by atoms with van der Waals surface area (Å²) in [5.74, 6) is -0.564. The number of carbonyl (C=O) groups is 1. The molecule has 0 aliphatic carbocycles. The Bertz CT molecular complexity index is 855. The van der Waals surface area contributed by atoms with E-state index in [2.05, 4.69) is 10.4 Å². The zero-order chi connectivity index (χ0) is 16.4. The van der Waals surface area contributed by atoms with Gasteiger partial charge in [-0.2, -0.15) is 18.3 Å². The van der Waals surface area contributed by atoms with Crippen LogP contribution in [0.25, 0.3) is 5.52 Å². The van der Waals surface area contributed by atoms with Crippen molar-refractivity contribution < 1.29 is 18.0 Å². The van der Waals surface area contributed by atoms with Gasteiger partial charge in [0.1, 0.15) is 0 Å². The third-order valence-corrected chi connectivity index (χ3v) is 3.40. The molecule has 0 bridgehead atoms. The number of nitrogens with one attached hydrogen (secondary N) is 1. The predicted octanol–water partition coefficient (Wildman–Crippen LogP) is 3.28. The van der Waals surface area contributed by atoms with Crippen LogP contribution in [0.3, 0.4) is 0 Å². The summed E-state index contributed by atoms with van der Waals surface area (Å²) in [5.41, 5.74) is 0.736. The molecule has 0 fully saturated rings. The maximum atomic E-state index is 12.7. The van der Waals surface area contributed by atoms with Gasteiger partial charge in [-0.1, -0.05) is 12.1 Å². The number of benzene rings is 1. The molecule has 1 aromatic carbocycles. The molecule has 2 heterocycles. The summed E-state index contributed by atoms with van der Waals surface area (Å²) in [7, 11) is 0. The number of fused-ring (bicyclic) bond motifs is 1. The highest BCUT2D eigenvalue weighted by molar-refractivity contribution is 5.94. The van der Waals surface area contributed by atoms with Gasteiger partial charge in [-0.15, -0.1) is 0 Å². The maximum absolute atomic E-state index is 12.7. The molecule has 0 unspecified atom stereocenters. The molecule has 0 spiro atoms. The molecule has 3 aromatic rings. The lowest BCUT2D eigenvalue weighted by Crippen LogP contribution is -2.23. The molecule has 0 aliphatic heterocycles. The molecule has 23 heavy (non-hydrogen) atoms. The van der Waals surface area contributed by atoms with E-state index in [0.29, 0.717) is 0 Å². The van der Waals surface area contributed by atoms with Gasteiger partial charge in [0.25, 0.3) is 5.91 Å². The van der Waals surface area contributed by atoms with Gasteiger partial charge in [0, 0.05) is 23.9 Å². The van der Waals surface area contributed by atoms with Crippen molar-refractivity contribution in [3.05, 3.63) is 71.5 Å². The number of aromatic nitrogens is 2. The lowest BCUT2D eigenvalue weighted by atomic mass is 10.1. The van der Waals surface area contributed by atoms with Crippen molar-refractivity contribution in [3.63, 3.8) is 0 Å². The van der Waals surface area contributed by atoms with Crippen molar-refractivity contribution in [2.45, 2.75) is 12.7 Å². The molecule has 0 radical (unpaired) electrons. The molecule has 3 rings (SSSR count). The van der Waals surface area contributed by atoms with E-state index >= 15 is 0 Å². The van der Waals surface area contributed by atoms with Crippen molar-refractivity contribution in [1.82, 2.24) is 14.9 Å². The first kappa shape index (κ1) is 15.1. The SMILES string of the molecule is O=C(NCc1cnn2ccccc12)c1cccc(C(F)(F)F)c1. The fourth-order valence-corrected chi connectivity index (χ4v) is 2.24. The van der Waals surface area contributed by atoms with E-state index in [9.17, 15) is 18.0 Å². The Kier molecular flexibility index (Phi) is 3.77. The molecule has 2 aromatic heterocycles. The predicted molar refractivity (Wildman–Crippen MR) is 77.8 cm³/mol. The molecule has 0 atom stereocenters. The van der Waals surface area contributed by atoms with E-state index in [4.69, 9.17) is 0 Å². The Labute approximate surface area is 129 Å². The quantitative estimate of drug-likeness (QED) is 0.805. The van der Waals surface area contributed by atoms with Crippen molar-refractivity contribution in [3.8, 4) is 0 Å². The monoisotopic (exact) mass is 319 g/mol. The highest BCUT2D eigenvalue weighted by atomic mass is 19.4. The van der Waals surface area contributed by atoms with Gasteiger partial charge < -0.3 is 5.32 Å². The Morgan fingerprint density at radius 2 is 2.00 bits per heavy atom. The minimum atomic E-state index is -4.47. The summed E-state index contributed by atoms with van der Waals surface area (Å²) in [6, 6.07) is 9.85. The van der Waals surface area contributed by atoms with Gasteiger partial charge in [-0.3, -0.25) is 4.79 Å². The number of hydrogen-bond acceptors (Lipinski definition) is 2. The van der Waals surface area contributed by atoms with Crippen molar-refractivity contribution >= 4 is 11.4 Å². The molecule has 0 saturated heterocycles. The van der Waals surface area contributed by atoms with E-state index in [-0.39, 0.29) is 12.1 Å². The zero-order valence-corrected chi connectivity index (χ0v) is 11.8. The van der Waals surface area contributed by atoms with Crippen molar-refractivity contribution in [2.75, 3.05) is 0 Å². The van der Waals surface area contributed by atoms with Gasteiger partial charge in [-0.25, -0.2) is 4.52 Å². The molecular formula is C16H12F3N3O. The third-order valence-electron chi connectivity index (χ3n) is 3.40. The first-order chi connectivity index (χ1) is 10.9. The molecule has 0 saturated carbocycles. The van der Waals surface area contributed by atoms with Crippen LogP contribution < -0.4 is 5.32 Å². The van der Waals surface area contributed by atoms with Crippen LogP contribution in [-0.2, 0) is 12.7 Å². The summed E-state index contributed by atoms with van der Waals surface area (Å²) in [6.07, 6.45) is -1.09. The lowest BCUT2D eigenvalue weighted by Gasteiger charge is -2.09. The van der Waals surface area contributed by atoms with Crippen molar-refractivity contribution in [1.29, 1.82) is 0 Å². The van der Waals surface area contributed by atoms with Crippen LogP contribution in [0.15, 0.2) is 54.9 Å². The third kappa shape index (κ3) is 3.18. The zero-order valence-electron chi connectivity index (χ0n) is 11.8. The van der Waals surface area contributed by atoms with Crippen LogP contribution in [0, 0.1) is 0 Å². The van der Waals surface area contributed by atoms with Gasteiger partial charge in [0.15, 0.2) is 0 Å². The van der Waals surface area contributed by atoms with Gasteiger partial charge in [-0.05, 0) is 30.3 Å². The summed E-state index contributed by atoms with van der Waals surface area (Å²) in [6.45, 7) is 0.183. The molecule has 7 heteroatoms. The normalized spacial score (nSPS) is 11.6. The minimum absolute atomic E-state index is 0.0312. The first-order valence-electron chi connectivity index (χ1n) is 6.82. The van der Waals surface area contributed by atoms with Gasteiger partial charge >= 0.3 is 6.18 Å². The van der Waals surface area contributed by atoms with Crippen LogP contribution >= 0.6 is 0 Å². The number of nitrogens with zero attached hydrogens (tertiary/aromatic N) is 2. The number of pyridine rings is 1. The maximum Gasteiger partial charge on any atom is 0.416 e. The standard InChI is InChI=1S/C16H12F3N3O/c17-16(18,19)13-5-3-4-11(8-13)15(23)20-9-12-10-21-22-7-2-1-6-14(12)22/h1-8,10H,9H2,(H,20,23). The lowest BCUT2D eigenvalue weighted by molar-refractivity contribution is -0.137. The van der Waals surface area contributed by atoms with Gasteiger partial charge in [0.05, 0.1) is 17.3 Å². The Hall–Kier alpha value is -2.83. The Morgan fingerprint density at radius 1 is 1.17 bits per heavy atom. The second-order valence-electron chi connectivity index (χ2n) is 4.96. The topological polar surface area (TPSA) is 46.4 Å². The smallest absolute Gasteiger partial charge is 0.348 e. The Morgan fingerprint density at radius 3 is 2.78 bits per heavy atom. The van der Waals surface area contributed by atoms with Crippen LogP contribution in [0.4, 0.5) is 13.2 Å². The van der Waals surface area contributed by atoms with E-state index in [1.807, 2.05) is 18.2 Å². The molecule has 1 N–H and O–H groups in total. The average molecular weight is 319 g/mol. The second-order valence-corrected chi connectivity index (χ2v) is 4.96. The minimum Gasteiger partial charge on any atom is -0.348 e. The average Bonchev–Trinajstić information content (AvgIpc) is 2.95. The second kappa shape index (κ2) is 5.75. The summed E-state index contributed by atoms with van der Waals surface area (Å²) < 4.78 is 39.7. The highest BCUT2D eigenvalue weighted by Gasteiger charge is 2.30. The van der Waals surface area contributed by atoms with Crippen LogP contribution in [0.2, 0.25) is 0 Å². The summed E-state index contributed by atoms with van der Waals surface area (Å²) in [5, 5.41) is 6.74. The number of alkyl halides is 3. The number of amides is 1. The van der Waals surface area contributed by atoms with Crippen LogP contribution in [-0.4, -0.2) is 15.5 Å². The number of hydrogen-bond donors (Lipinski definition) is 1. The molecule has 1 amide bonds. The highest BCUT2D eigenvalue weighted by Crippen LogP contribution is 2.29. The summed E-state index contributed by atoms with van der Waals surface area (Å²) in [4.78, 5) is 12.0. The first-order valence-corrected chi connectivity index (χ1v) is 6.82. The van der Waals surface area contributed by atoms with E-state index in [1.165, 1.54) is 12.1 Å². The molecule has 4 nitrogen and oxygen atoms in total. The molecule has 0 aliphatic rings. The van der Waals surface area contributed by atoms with E-state index in [0.717, 1.165) is 23.2 Å². The molecular weight excluding hydrogens is 307 g/mol. The van der Waals surface area contributed by atoms with E-state index in [1.54, 1.807) is 16.9 Å². The number of rotatable bonds is 3. The number of carbonyl (C=O) groups excluding carboxylic acids is 1. The van der Waals surface area contributed by atoms with Crippen LogP contribution in [0.1, 0.15) is 21.5 Å². The fraction of sp³-hybridized carbons (Fsp3) is 0.125. The van der Waals surface area contributed by atoms with Gasteiger partial charge in [0.2, 0.25) is 0 Å². The fourth-order valence-electron chi connectivity index (χ4n) is 2.24. The molecule has 118 valence electrons. The van der Waals surface area contributed by atoms with Crippen LogP contribution in [0.5, 0.6) is 0 Å².